The summed E-state index contributed by atoms with van der Waals surface area (Å²) in [6.45, 7) is 2.88. The molecule has 0 aliphatic heterocycles. The Morgan fingerprint density at radius 2 is 1.87 bits per heavy atom. The van der Waals surface area contributed by atoms with Gasteiger partial charge in [0, 0.05) is 24.4 Å². The Bertz CT molecular complexity index is 1090. The normalized spacial score (nSPS) is 11.1. The fourth-order valence-electron chi connectivity index (χ4n) is 2.87. The van der Waals surface area contributed by atoms with Gasteiger partial charge in [0.15, 0.2) is 9.50 Å². The maximum atomic E-state index is 12.1. The van der Waals surface area contributed by atoms with E-state index in [9.17, 15) is 4.79 Å². The molecule has 2 aromatic heterocycles. The number of fused-ring (bicyclic) bond motifs is 1. The summed E-state index contributed by atoms with van der Waals surface area (Å²) in [5.41, 5.74) is 1.85. The van der Waals surface area contributed by atoms with Gasteiger partial charge in [0.05, 0.1) is 16.0 Å². The molecule has 1 N–H and O–H groups in total. The van der Waals surface area contributed by atoms with Crippen LogP contribution in [0.2, 0.25) is 0 Å². The summed E-state index contributed by atoms with van der Waals surface area (Å²) in [6.07, 6.45) is 0.423. The monoisotopic (exact) mass is 455 g/mol. The van der Waals surface area contributed by atoms with Crippen molar-refractivity contribution in [2.24, 2.45) is 0 Å². The minimum absolute atomic E-state index is 0.00267. The van der Waals surface area contributed by atoms with Gasteiger partial charge in [0.2, 0.25) is 5.91 Å². The fraction of sp³-hybridized carbons (Fsp3) is 0.238. The van der Waals surface area contributed by atoms with Gasteiger partial charge in [-0.1, -0.05) is 53.9 Å². The first-order valence-corrected chi connectivity index (χ1v) is 12.4. The predicted molar refractivity (Wildman–Crippen MR) is 125 cm³/mol. The average Bonchev–Trinajstić information content (AvgIpc) is 3.36. The lowest BCUT2D eigenvalue weighted by molar-refractivity contribution is -0.115. The molecule has 9 heteroatoms. The number of nitrogens with one attached hydrogen (secondary N) is 1. The van der Waals surface area contributed by atoms with Gasteiger partial charge in [0.25, 0.3) is 0 Å². The van der Waals surface area contributed by atoms with Crippen molar-refractivity contribution in [2.75, 3.05) is 11.1 Å². The number of aromatic nitrogens is 4. The Hall–Kier alpha value is -2.36. The van der Waals surface area contributed by atoms with E-state index in [1.165, 1.54) is 4.70 Å². The van der Waals surface area contributed by atoms with E-state index in [4.69, 9.17) is 0 Å². The molecule has 0 radical (unpaired) electrons. The molecule has 154 valence electrons. The topological polar surface area (TPSA) is 72.7 Å². The van der Waals surface area contributed by atoms with Gasteiger partial charge in [-0.15, -0.1) is 21.5 Å². The van der Waals surface area contributed by atoms with Gasteiger partial charge in [0.1, 0.15) is 5.82 Å². The van der Waals surface area contributed by atoms with Crippen molar-refractivity contribution >= 4 is 56.7 Å². The van der Waals surface area contributed by atoms with Crippen molar-refractivity contribution in [3.05, 3.63) is 60.4 Å². The van der Waals surface area contributed by atoms with Gasteiger partial charge < -0.3 is 9.88 Å². The minimum Gasteiger partial charge on any atom is -0.326 e. The van der Waals surface area contributed by atoms with Crippen LogP contribution in [0.3, 0.4) is 0 Å². The summed E-state index contributed by atoms with van der Waals surface area (Å²) in [5.74, 6) is 2.30. The minimum atomic E-state index is 0.00267. The predicted octanol–water partition coefficient (Wildman–Crippen LogP) is 5.32. The quantitative estimate of drug-likeness (QED) is 0.344. The highest BCUT2D eigenvalue weighted by Gasteiger charge is 2.14. The van der Waals surface area contributed by atoms with Crippen LogP contribution in [0.25, 0.3) is 10.2 Å². The summed E-state index contributed by atoms with van der Waals surface area (Å²) in [6, 6.07) is 17.7. The number of thioether (sulfide) groups is 2. The number of amides is 1. The Morgan fingerprint density at radius 1 is 1.07 bits per heavy atom. The number of hydrogen-bond acceptors (Lipinski definition) is 7. The highest BCUT2D eigenvalue weighted by atomic mass is 32.2. The number of carbonyl (C=O) groups is 1. The second-order valence-electron chi connectivity index (χ2n) is 6.39. The van der Waals surface area contributed by atoms with Crippen LogP contribution < -0.4 is 5.32 Å². The molecule has 0 saturated heterocycles. The molecule has 1 amide bonds. The van der Waals surface area contributed by atoms with E-state index in [0.717, 1.165) is 38.8 Å². The van der Waals surface area contributed by atoms with Gasteiger partial charge in [-0.25, -0.2) is 4.98 Å². The first-order valence-electron chi connectivity index (χ1n) is 9.61. The molecule has 0 fully saturated rings. The van der Waals surface area contributed by atoms with Gasteiger partial charge in [-0.3, -0.25) is 4.79 Å². The van der Waals surface area contributed by atoms with Crippen molar-refractivity contribution in [1.82, 2.24) is 19.7 Å². The molecule has 4 rings (SSSR count). The largest absolute Gasteiger partial charge is 0.326 e. The molecular weight excluding hydrogens is 434 g/mol. The molecule has 0 spiro atoms. The van der Waals surface area contributed by atoms with E-state index in [-0.39, 0.29) is 5.91 Å². The Morgan fingerprint density at radius 3 is 2.67 bits per heavy atom. The van der Waals surface area contributed by atoms with Crippen molar-refractivity contribution in [3.8, 4) is 0 Å². The number of hydrogen-bond donors (Lipinski definition) is 1. The molecule has 2 heterocycles. The first-order chi connectivity index (χ1) is 14.7. The third-order valence-corrected chi connectivity index (χ3v) is 7.47. The van der Waals surface area contributed by atoms with Crippen LogP contribution in [0.1, 0.15) is 19.2 Å². The second kappa shape index (κ2) is 10.1. The number of thiazole rings is 1. The highest BCUT2D eigenvalue weighted by molar-refractivity contribution is 8.00. The molecule has 2 aromatic carbocycles. The van der Waals surface area contributed by atoms with Crippen LogP contribution in [0.4, 0.5) is 5.69 Å². The van der Waals surface area contributed by atoms with E-state index >= 15 is 0 Å². The molecule has 0 atom stereocenters. The van der Waals surface area contributed by atoms with Gasteiger partial charge in [-0.2, -0.15) is 0 Å². The van der Waals surface area contributed by atoms with Crippen LogP contribution in [0, 0.1) is 0 Å². The molecule has 0 aliphatic rings. The number of para-hydroxylation sites is 2. The zero-order valence-electron chi connectivity index (χ0n) is 16.4. The Kier molecular flexibility index (Phi) is 7.03. The van der Waals surface area contributed by atoms with Crippen LogP contribution in [0.15, 0.2) is 64.1 Å². The van der Waals surface area contributed by atoms with Crippen LogP contribution in [-0.4, -0.2) is 31.4 Å². The first kappa shape index (κ1) is 20.9. The van der Waals surface area contributed by atoms with Crippen LogP contribution in [-0.2, 0) is 17.1 Å². The number of anilines is 1. The number of carbonyl (C=O) groups excluding carboxylic acids is 1. The average molecular weight is 456 g/mol. The van der Waals surface area contributed by atoms with Crippen molar-refractivity contribution in [3.63, 3.8) is 0 Å². The van der Waals surface area contributed by atoms with E-state index < -0.39 is 0 Å². The lowest BCUT2D eigenvalue weighted by Crippen LogP contribution is -2.12. The second-order valence-corrected chi connectivity index (χ2v) is 9.71. The maximum absolute atomic E-state index is 12.1. The summed E-state index contributed by atoms with van der Waals surface area (Å²) in [4.78, 5) is 16.8. The van der Waals surface area contributed by atoms with Crippen molar-refractivity contribution < 1.29 is 4.79 Å². The number of nitrogens with zero attached hydrogens (tertiary/aromatic N) is 4. The van der Waals surface area contributed by atoms with Gasteiger partial charge >= 0.3 is 0 Å². The smallest absolute Gasteiger partial charge is 0.225 e. The Labute approximate surface area is 187 Å². The lowest BCUT2D eigenvalue weighted by atomic mass is 10.3. The summed E-state index contributed by atoms with van der Waals surface area (Å²) in [7, 11) is 0. The molecule has 4 aromatic rings. The third kappa shape index (κ3) is 5.21. The summed E-state index contributed by atoms with van der Waals surface area (Å²) in [5, 5.41) is 12.5. The van der Waals surface area contributed by atoms with E-state index in [2.05, 4.69) is 38.1 Å². The standard InChI is InChI=1S/C21H21N5OS3/c1-2-26-18(14-29-21-23-16-10-6-7-11-17(16)30-21)24-25-20(26)28-13-12-19(27)22-15-8-4-3-5-9-15/h3-11H,2,12-14H2,1H3,(H,22,27). The van der Waals surface area contributed by atoms with Crippen molar-refractivity contribution in [2.45, 2.75) is 35.1 Å². The highest BCUT2D eigenvalue weighted by Crippen LogP contribution is 2.31. The molecule has 0 bridgehead atoms. The molecular formula is C21H21N5OS3. The van der Waals surface area contributed by atoms with E-state index in [0.29, 0.717) is 12.2 Å². The van der Waals surface area contributed by atoms with Crippen LogP contribution in [0.5, 0.6) is 0 Å². The number of rotatable bonds is 9. The molecule has 0 aliphatic carbocycles. The lowest BCUT2D eigenvalue weighted by Gasteiger charge is -2.07. The molecule has 0 unspecified atom stereocenters. The van der Waals surface area contributed by atoms with Crippen molar-refractivity contribution in [1.29, 1.82) is 0 Å². The fourth-order valence-corrected chi connectivity index (χ4v) is 5.84. The van der Waals surface area contributed by atoms with E-state index in [1.54, 1.807) is 34.9 Å². The van der Waals surface area contributed by atoms with E-state index in [1.807, 2.05) is 48.5 Å². The Balaban J connectivity index is 1.31. The maximum Gasteiger partial charge on any atom is 0.225 e. The summed E-state index contributed by atoms with van der Waals surface area (Å²) >= 11 is 4.95. The number of benzene rings is 2. The summed E-state index contributed by atoms with van der Waals surface area (Å²) < 4.78 is 4.34. The zero-order valence-corrected chi connectivity index (χ0v) is 18.9. The molecule has 30 heavy (non-hydrogen) atoms. The molecule has 0 saturated carbocycles. The SMILES string of the molecule is CCn1c(CSc2nc3ccccc3s2)nnc1SCCC(=O)Nc1ccccc1. The van der Waals surface area contributed by atoms with Gasteiger partial charge in [-0.05, 0) is 31.2 Å². The van der Waals surface area contributed by atoms with Crippen LogP contribution >= 0.6 is 34.9 Å². The third-order valence-electron chi connectivity index (χ3n) is 4.33. The molecule has 6 nitrogen and oxygen atoms in total. The zero-order chi connectivity index (χ0) is 20.8.